The van der Waals surface area contributed by atoms with Crippen molar-refractivity contribution in [2.24, 2.45) is 5.73 Å². The fraction of sp³-hybridized carbons (Fsp3) is 0.286. The molecule has 1 heterocycles. The van der Waals surface area contributed by atoms with E-state index in [-0.39, 0.29) is 18.7 Å². The van der Waals surface area contributed by atoms with E-state index in [1.54, 1.807) is 24.3 Å². The van der Waals surface area contributed by atoms with E-state index >= 15 is 0 Å². The number of alkyl halides is 3. The summed E-state index contributed by atoms with van der Waals surface area (Å²) in [6, 6.07) is 12.1. The fourth-order valence-electron chi connectivity index (χ4n) is 3.49. The molecule has 1 unspecified atom stereocenters. The molecular weight excluding hydrogens is 397 g/mol. The third kappa shape index (κ3) is 4.60. The normalized spacial score (nSPS) is 16.0. The first kappa shape index (κ1) is 21.3. The topological polar surface area (TPSA) is 90.4 Å². The summed E-state index contributed by atoms with van der Waals surface area (Å²) < 4.78 is 38.7. The number of piperazine rings is 1. The molecule has 2 aromatic carbocycles. The first-order chi connectivity index (χ1) is 14.2. The zero-order chi connectivity index (χ0) is 21.9. The summed E-state index contributed by atoms with van der Waals surface area (Å²) in [6.07, 6.45) is -4.52. The Kier molecular flexibility index (Phi) is 6.08. The van der Waals surface area contributed by atoms with Crippen LogP contribution in [0, 0.1) is 11.3 Å². The maximum atomic E-state index is 12.9. The van der Waals surface area contributed by atoms with Crippen LogP contribution < -0.4 is 5.73 Å². The van der Waals surface area contributed by atoms with E-state index in [2.05, 4.69) is 0 Å². The highest BCUT2D eigenvalue weighted by atomic mass is 19.4. The van der Waals surface area contributed by atoms with Gasteiger partial charge in [0, 0.05) is 31.7 Å². The maximum absolute atomic E-state index is 12.9. The Hall–Kier alpha value is -3.38. The number of nitriles is 1. The Morgan fingerprint density at radius 1 is 1.03 bits per heavy atom. The van der Waals surface area contributed by atoms with E-state index in [0.29, 0.717) is 24.2 Å². The van der Waals surface area contributed by atoms with Crippen LogP contribution in [0.2, 0.25) is 0 Å². The van der Waals surface area contributed by atoms with Crippen LogP contribution in [-0.2, 0) is 11.0 Å². The van der Waals surface area contributed by atoms with Crippen LogP contribution in [0.5, 0.6) is 0 Å². The molecule has 0 spiro atoms. The molecule has 30 heavy (non-hydrogen) atoms. The Morgan fingerprint density at radius 3 is 2.20 bits per heavy atom. The number of nitrogens with zero attached hydrogens (tertiary/aromatic N) is 3. The van der Waals surface area contributed by atoms with Crippen molar-refractivity contribution >= 4 is 11.8 Å². The van der Waals surface area contributed by atoms with E-state index in [4.69, 9.17) is 11.0 Å². The molecule has 1 atom stereocenters. The first-order valence-corrected chi connectivity index (χ1v) is 9.20. The lowest BCUT2D eigenvalue weighted by atomic mass is 10.0. The fourth-order valence-corrected chi connectivity index (χ4v) is 3.49. The van der Waals surface area contributed by atoms with Gasteiger partial charge >= 0.3 is 6.18 Å². The van der Waals surface area contributed by atoms with Gasteiger partial charge in [0.1, 0.15) is 6.04 Å². The van der Waals surface area contributed by atoms with E-state index in [0.717, 1.165) is 12.1 Å². The minimum absolute atomic E-state index is 0.0307. The Balaban J connectivity index is 1.70. The third-order valence-corrected chi connectivity index (χ3v) is 5.03. The molecule has 2 aromatic rings. The Morgan fingerprint density at radius 2 is 1.67 bits per heavy atom. The lowest BCUT2D eigenvalue weighted by molar-refractivity contribution is -0.137. The number of carbonyl (C=O) groups is 2. The highest BCUT2D eigenvalue weighted by Crippen LogP contribution is 2.30. The second-order valence-corrected chi connectivity index (χ2v) is 6.95. The van der Waals surface area contributed by atoms with Crippen LogP contribution in [0.1, 0.15) is 33.1 Å². The van der Waals surface area contributed by atoms with Gasteiger partial charge in [-0.25, -0.2) is 0 Å². The van der Waals surface area contributed by atoms with Gasteiger partial charge in [-0.3, -0.25) is 14.5 Å². The Labute approximate surface area is 171 Å². The molecule has 0 bridgehead atoms. The molecule has 1 aliphatic heterocycles. The summed E-state index contributed by atoms with van der Waals surface area (Å²) in [5.74, 6) is -1.05. The molecule has 1 fully saturated rings. The second-order valence-electron chi connectivity index (χ2n) is 6.95. The molecule has 3 rings (SSSR count). The summed E-state index contributed by atoms with van der Waals surface area (Å²) in [7, 11) is 0. The zero-order valence-corrected chi connectivity index (χ0v) is 15.9. The number of primary amides is 1. The molecule has 9 heteroatoms. The largest absolute Gasteiger partial charge is 0.416 e. The SMILES string of the molecule is N#Cc1ccc(C(C(N)=O)N2CCN(C(=O)c3cccc(C(F)(F)F)c3)CC2)cc1. The van der Waals surface area contributed by atoms with Crippen LogP contribution in [0.4, 0.5) is 13.2 Å². The molecule has 1 saturated heterocycles. The van der Waals surface area contributed by atoms with Crippen LogP contribution in [0.25, 0.3) is 0 Å². The number of halogens is 3. The van der Waals surface area contributed by atoms with Gasteiger partial charge in [-0.2, -0.15) is 18.4 Å². The molecule has 6 nitrogen and oxygen atoms in total. The van der Waals surface area contributed by atoms with Crippen molar-refractivity contribution < 1.29 is 22.8 Å². The van der Waals surface area contributed by atoms with Crippen molar-refractivity contribution in [1.29, 1.82) is 5.26 Å². The van der Waals surface area contributed by atoms with Crippen molar-refractivity contribution in [3.63, 3.8) is 0 Å². The van der Waals surface area contributed by atoms with Crippen molar-refractivity contribution in [3.8, 4) is 6.07 Å². The molecule has 0 aromatic heterocycles. The van der Waals surface area contributed by atoms with Gasteiger partial charge in [-0.1, -0.05) is 18.2 Å². The summed E-state index contributed by atoms with van der Waals surface area (Å²) in [5, 5.41) is 8.91. The van der Waals surface area contributed by atoms with Gasteiger partial charge in [-0.05, 0) is 35.9 Å². The van der Waals surface area contributed by atoms with Crippen molar-refractivity contribution in [1.82, 2.24) is 9.80 Å². The van der Waals surface area contributed by atoms with E-state index in [1.807, 2.05) is 11.0 Å². The van der Waals surface area contributed by atoms with Gasteiger partial charge in [0.15, 0.2) is 0 Å². The van der Waals surface area contributed by atoms with Gasteiger partial charge in [-0.15, -0.1) is 0 Å². The number of hydrogen-bond acceptors (Lipinski definition) is 4. The average Bonchev–Trinajstić information content (AvgIpc) is 2.73. The highest BCUT2D eigenvalue weighted by Gasteiger charge is 2.33. The second kappa shape index (κ2) is 8.55. The van der Waals surface area contributed by atoms with E-state index in [1.165, 1.54) is 17.0 Å². The van der Waals surface area contributed by atoms with Gasteiger partial charge in [0.05, 0.1) is 17.2 Å². The summed E-state index contributed by atoms with van der Waals surface area (Å²) in [4.78, 5) is 28.0. The molecular formula is C21H19F3N4O2. The number of carbonyl (C=O) groups excluding carboxylic acids is 2. The van der Waals surface area contributed by atoms with Crippen LogP contribution in [0.3, 0.4) is 0 Å². The van der Waals surface area contributed by atoms with Crippen molar-refractivity contribution in [2.75, 3.05) is 26.2 Å². The van der Waals surface area contributed by atoms with Crippen molar-refractivity contribution in [3.05, 3.63) is 70.8 Å². The molecule has 0 saturated carbocycles. The van der Waals surface area contributed by atoms with Gasteiger partial charge < -0.3 is 10.6 Å². The molecule has 0 radical (unpaired) electrons. The highest BCUT2D eigenvalue weighted by molar-refractivity contribution is 5.94. The molecule has 2 N–H and O–H groups in total. The summed E-state index contributed by atoms with van der Waals surface area (Å²) in [6.45, 7) is 1.15. The molecule has 156 valence electrons. The van der Waals surface area contributed by atoms with Gasteiger partial charge in [0.25, 0.3) is 5.91 Å². The quantitative estimate of drug-likeness (QED) is 0.830. The lowest BCUT2D eigenvalue weighted by Gasteiger charge is -2.38. The molecule has 1 aliphatic rings. The number of rotatable bonds is 4. The van der Waals surface area contributed by atoms with E-state index < -0.39 is 29.6 Å². The smallest absolute Gasteiger partial charge is 0.368 e. The Bertz CT molecular complexity index is 975. The number of nitrogens with two attached hydrogens (primary N) is 1. The van der Waals surface area contributed by atoms with Crippen LogP contribution >= 0.6 is 0 Å². The summed E-state index contributed by atoms with van der Waals surface area (Å²) in [5.41, 5.74) is 5.77. The lowest BCUT2D eigenvalue weighted by Crippen LogP contribution is -2.51. The summed E-state index contributed by atoms with van der Waals surface area (Å²) >= 11 is 0. The minimum Gasteiger partial charge on any atom is -0.368 e. The average molecular weight is 416 g/mol. The minimum atomic E-state index is -4.52. The predicted octanol–water partition coefficient (Wildman–Crippen LogP) is 2.56. The zero-order valence-electron chi connectivity index (χ0n) is 15.9. The van der Waals surface area contributed by atoms with Gasteiger partial charge in [0.2, 0.25) is 5.91 Å². The predicted molar refractivity (Wildman–Crippen MR) is 102 cm³/mol. The third-order valence-electron chi connectivity index (χ3n) is 5.03. The maximum Gasteiger partial charge on any atom is 0.416 e. The molecule has 0 aliphatic carbocycles. The number of benzene rings is 2. The molecule has 2 amide bonds. The van der Waals surface area contributed by atoms with Crippen LogP contribution in [-0.4, -0.2) is 47.8 Å². The van der Waals surface area contributed by atoms with E-state index in [9.17, 15) is 22.8 Å². The number of amides is 2. The van der Waals surface area contributed by atoms with Crippen LogP contribution in [0.15, 0.2) is 48.5 Å². The number of hydrogen-bond donors (Lipinski definition) is 1. The standard InChI is InChI=1S/C21H19F3N4O2/c22-21(23,24)17-3-1-2-16(12-17)20(30)28-10-8-27(9-11-28)18(19(26)29)15-6-4-14(13-25)5-7-15/h1-7,12,18H,8-11H2,(H2,26,29). The first-order valence-electron chi connectivity index (χ1n) is 9.20. The monoisotopic (exact) mass is 416 g/mol. The van der Waals surface area contributed by atoms with Crippen molar-refractivity contribution in [2.45, 2.75) is 12.2 Å².